The van der Waals surface area contributed by atoms with Gasteiger partial charge in [0.05, 0.1) is 24.2 Å². The minimum atomic E-state index is -0.352. The zero-order chi connectivity index (χ0) is 22.0. The van der Waals surface area contributed by atoms with Crippen molar-refractivity contribution < 1.29 is 9.59 Å². The Kier molecular flexibility index (Phi) is 5.47. The van der Waals surface area contributed by atoms with Crippen LogP contribution in [-0.4, -0.2) is 44.3 Å². The summed E-state index contributed by atoms with van der Waals surface area (Å²) in [6.45, 7) is 1.77. The number of carbonyl (C=O) groups is 2. The van der Waals surface area contributed by atoms with Gasteiger partial charge in [0.2, 0.25) is 5.91 Å². The van der Waals surface area contributed by atoms with Crippen molar-refractivity contribution in [1.82, 2.24) is 25.2 Å². The molecule has 1 saturated heterocycles. The van der Waals surface area contributed by atoms with Crippen LogP contribution < -0.4 is 5.32 Å². The van der Waals surface area contributed by atoms with Gasteiger partial charge in [-0.3, -0.25) is 9.59 Å². The molecule has 2 amide bonds. The Morgan fingerprint density at radius 1 is 1.03 bits per heavy atom. The van der Waals surface area contributed by atoms with Crippen LogP contribution in [0.15, 0.2) is 66.9 Å². The first-order valence-corrected chi connectivity index (χ1v) is 11.2. The number of amides is 2. The summed E-state index contributed by atoms with van der Waals surface area (Å²) in [6, 6.07) is 19.9. The van der Waals surface area contributed by atoms with Gasteiger partial charge in [0.25, 0.3) is 5.91 Å². The number of likely N-dealkylation sites (tertiary alicyclic amines) is 1. The second kappa shape index (κ2) is 8.57. The molecule has 1 aliphatic carbocycles. The maximum atomic E-state index is 13.5. The van der Waals surface area contributed by atoms with Crippen LogP contribution in [0.4, 0.5) is 0 Å². The van der Waals surface area contributed by atoms with Gasteiger partial charge in [-0.1, -0.05) is 65.9 Å². The van der Waals surface area contributed by atoms with Crippen LogP contribution in [0.5, 0.6) is 0 Å². The average molecular weight is 430 g/mol. The van der Waals surface area contributed by atoms with E-state index in [0.717, 1.165) is 43.4 Å². The molecule has 0 bridgehead atoms. The van der Waals surface area contributed by atoms with Crippen molar-refractivity contribution in [3.63, 3.8) is 0 Å². The summed E-state index contributed by atoms with van der Waals surface area (Å²) >= 11 is 0. The molecule has 0 radical (unpaired) electrons. The molecular formula is C25H27N5O2. The zero-order valence-corrected chi connectivity index (χ0v) is 18.0. The van der Waals surface area contributed by atoms with Crippen LogP contribution in [0.2, 0.25) is 0 Å². The second-order valence-corrected chi connectivity index (χ2v) is 8.74. The van der Waals surface area contributed by atoms with E-state index in [9.17, 15) is 9.59 Å². The van der Waals surface area contributed by atoms with Gasteiger partial charge in [0, 0.05) is 13.1 Å². The predicted molar refractivity (Wildman–Crippen MR) is 120 cm³/mol. The molecule has 2 fully saturated rings. The molecule has 1 aliphatic heterocycles. The Labute approximate surface area is 187 Å². The lowest BCUT2D eigenvalue weighted by molar-refractivity contribution is -0.135. The molecule has 2 aliphatic rings. The van der Waals surface area contributed by atoms with Crippen LogP contribution in [0.25, 0.3) is 0 Å². The van der Waals surface area contributed by atoms with E-state index in [4.69, 9.17) is 0 Å². The first-order valence-electron chi connectivity index (χ1n) is 11.2. The second-order valence-electron chi connectivity index (χ2n) is 8.74. The highest BCUT2D eigenvalue weighted by Gasteiger charge is 2.54. The molecule has 1 atom stereocenters. The highest BCUT2D eigenvalue weighted by molar-refractivity contribution is 5.92. The lowest BCUT2D eigenvalue weighted by Gasteiger charge is -2.29. The Morgan fingerprint density at radius 2 is 1.75 bits per heavy atom. The van der Waals surface area contributed by atoms with Crippen LogP contribution in [0.3, 0.4) is 0 Å². The number of carbonyl (C=O) groups excluding carboxylic acids is 2. The molecule has 0 unspecified atom stereocenters. The molecule has 1 aromatic heterocycles. The molecule has 2 heterocycles. The number of hydrogen-bond donors (Lipinski definition) is 1. The third kappa shape index (κ3) is 4.02. The molecular weight excluding hydrogens is 402 g/mol. The fraction of sp³-hybridized carbons (Fsp3) is 0.360. The average Bonchev–Trinajstić information content (AvgIpc) is 3.30. The third-order valence-electron chi connectivity index (χ3n) is 6.59. The summed E-state index contributed by atoms with van der Waals surface area (Å²) in [5.41, 5.74) is 2.09. The molecule has 32 heavy (non-hydrogen) atoms. The highest BCUT2D eigenvalue weighted by Crippen LogP contribution is 2.50. The SMILES string of the molecule is O=C(NCc1ccccc1)c1cn(C[C@@H]2CCCN2C(=O)C2(c3ccccc3)CC2)nn1. The van der Waals surface area contributed by atoms with E-state index in [0.29, 0.717) is 18.8 Å². The summed E-state index contributed by atoms with van der Waals surface area (Å²) < 4.78 is 1.69. The Hall–Kier alpha value is -3.48. The van der Waals surface area contributed by atoms with Gasteiger partial charge in [-0.2, -0.15) is 0 Å². The Bertz CT molecular complexity index is 1090. The minimum absolute atomic E-state index is 0.0746. The molecule has 0 spiro atoms. The van der Waals surface area contributed by atoms with Crippen molar-refractivity contribution in [1.29, 1.82) is 0 Å². The lowest BCUT2D eigenvalue weighted by Crippen LogP contribution is -2.44. The van der Waals surface area contributed by atoms with Crippen LogP contribution in [0.1, 0.15) is 47.3 Å². The van der Waals surface area contributed by atoms with E-state index < -0.39 is 0 Å². The predicted octanol–water partition coefficient (Wildman–Crippen LogP) is 2.93. The standard InChI is InChI=1S/C25H27N5O2/c31-23(26-16-19-8-3-1-4-9-19)22-18-29(28-27-22)17-21-12-7-15-30(21)24(32)25(13-14-25)20-10-5-2-6-11-20/h1-6,8-11,18,21H,7,12-17H2,(H,26,31)/t21-/m0/s1. The quantitative estimate of drug-likeness (QED) is 0.626. The summed E-state index contributed by atoms with van der Waals surface area (Å²) in [5.74, 6) is -0.0207. The topological polar surface area (TPSA) is 80.1 Å². The summed E-state index contributed by atoms with van der Waals surface area (Å²) in [6.07, 6.45) is 5.42. The molecule has 7 nitrogen and oxygen atoms in total. The molecule has 7 heteroatoms. The first kappa shape index (κ1) is 20.4. The Balaban J connectivity index is 1.22. The number of rotatable bonds is 7. The number of nitrogens with one attached hydrogen (secondary N) is 1. The van der Waals surface area contributed by atoms with Crippen molar-refractivity contribution in [2.45, 2.75) is 50.2 Å². The number of hydrogen-bond acceptors (Lipinski definition) is 4. The van der Waals surface area contributed by atoms with E-state index >= 15 is 0 Å². The number of aromatic nitrogens is 3. The minimum Gasteiger partial charge on any atom is -0.347 e. The molecule has 1 saturated carbocycles. The van der Waals surface area contributed by atoms with Crippen molar-refractivity contribution in [3.05, 3.63) is 83.7 Å². The van der Waals surface area contributed by atoms with E-state index in [2.05, 4.69) is 27.8 Å². The maximum absolute atomic E-state index is 13.5. The summed E-state index contributed by atoms with van der Waals surface area (Å²) in [7, 11) is 0. The van der Waals surface area contributed by atoms with E-state index in [1.165, 1.54) is 0 Å². The van der Waals surface area contributed by atoms with Crippen molar-refractivity contribution in [2.24, 2.45) is 0 Å². The van der Waals surface area contributed by atoms with Crippen molar-refractivity contribution in [2.75, 3.05) is 6.54 Å². The maximum Gasteiger partial charge on any atom is 0.273 e. The van der Waals surface area contributed by atoms with Gasteiger partial charge in [0.1, 0.15) is 0 Å². The summed E-state index contributed by atoms with van der Waals surface area (Å²) in [4.78, 5) is 28.0. The van der Waals surface area contributed by atoms with Crippen molar-refractivity contribution in [3.8, 4) is 0 Å². The van der Waals surface area contributed by atoms with Gasteiger partial charge in [-0.25, -0.2) is 4.68 Å². The monoisotopic (exact) mass is 429 g/mol. The highest BCUT2D eigenvalue weighted by atomic mass is 16.2. The third-order valence-corrected chi connectivity index (χ3v) is 6.59. The number of nitrogens with zero attached hydrogens (tertiary/aromatic N) is 4. The molecule has 2 aromatic carbocycles. The Morgan fingerprint density at radius 3 is 2.47 bits per heavy atom. The van der Waals surface area contributed by atoms with Crippen LogP contribution in [-0.2, 0) is 23.3 Å². The smallest absolute Gasteiger partial charge is 0.273 e. The van der Waals surface area contributed by atoms with E-state index in [1.807, 2.05) is 53.4 Å². The van der Waals surface area contributed by atoms with Gasteiger partial charge in [0.15, 0.2) is 5.69 Å². The van der Waals surface area contributed by atoms with Gasteiger partial charge in [-0.05, 0) is 36.8 Å². The zero-order valence-electron chi connectivity index (χ0n) is 18.0. The lowest BCUT2D eigenvalue weighted by atomic mass is 9.94. The fourth-order valence-electron chi connectivity index (χ4n) is 4.65. The van der Waals surface area contributed by atoms with Gasteiger partial charge in [-0.15, -0.1) is 5.10 Å². The fourth-order valence-corrected chi connectivity index (χ4v) is 4.65. The van der Waals surface area contributed by atoms with Crippen molar-refractivity contribution >= 4 is 11.8 Å². The number of benzene rings is 2. The summed E-state index contributed by atoms with van der Waals surface area (Å²) in [5, 5.41) is 11.1. The van der Waals surface area contributed by atoms with Gasteiger partial charge >= 0.3 is 0 Å². The van der Waals surface area contributed by atoms with Gasteiger partial charge < -0.3 is 10.2 Å². The van der Waals surface area contributed by atoms with E-state index in [1.54, 1.807) is 10.9 Å². The molecule has 164 valence electrons. The van der Waals surface area contributed by atoms with Crippen LogP contribution in [0, 0.1) is 0 Å². The molecule has 3 aromatic rings. The first-order chi connectivity index (χ1) is 15.7. The normalized spacial score (nSPS) is 19.0. The molecule has 5 rings (SSSR count). The molecule has 1 N–H and O–H groups in total. The van der Waals surface area contributed by atoms with Crippen LogP contribution >= 0.6 is 0 Å². The van der Waals surface area contributed by atoms with E-state index in [-0.39, 0.29) is 23.3 Å². The largest absolute Gasteiger partial charge is 0.347 e.